The molecule has 94 valence electrons. The highest BCUT2D eigenvalue weighted by Crippen LogP contribution is 2.20. The lowest BCUT2D eigenvalue weighted by molar-refractivity contribution is 1.05. The van der Waals surface area contributed by atoms with Crippen molar-refractivity contribution in [3.05, 3.63) is 66.0 Å². The second kappa shape index (κ2) is 5.06. The molecule has 0 spiro atoms. The minimum Gasteiger partial charge on any atom is -0.365 e. The third kappa shape index (κ3) is 2.55. The van der Waals surface area contributed by atoms with Crippen molar-refractivity contribution < 1.29 is 0 Å². The number of nitrogens with zero attached hydrogens (tertiary/aromatic N) is 2. The molecule has 0 aliphatic heterocycles. The summed E-state index contributed by atoms with van der Waals surface area (Å²) < 4.78 is 0. The number of rotatable bonds is 3. The fourth-order valence-corrected chi connectivity index (χ4v) is 2.11. The summed E-state index contributed by atoms with van der Waals surface area (Å²) in [6.45, 7) is 2.68. The molecular weight excluding hydrogens is 234 g/mol. The molecule has 1 heterocycles. The maximum atomic E-state index is 4.49. The molecule has 1 aromatic heterocycles. The van der Waals surface area contributed by atoms with Crippen molar-refractivity contribution in [1.82, 2.24) is 9.97 Å². The Bertz CT molecular complexity index is 693. The molecule has 3 nitrogen and oxygen atoms in total. The number of benzene rings is 2. The van der Waals surface area contributed by atoms with Gasteiger partial charge in [0.05, 0.1) is 5.52 Å². The number of nitrogens with one attached hydrogen (secondary N) is 1. The first-order chi connectivity index (χ1) is 9.33. The van der Waals surface area contributed by atoms with Crippen molar-refractivity contribution >= 4 is 16.7 Å². The van der Waals surface area contributed by atoms with E-state index in [1.54, 1.807) is 0 Å². The third-order valence-corrected chi connectivity index (χ3v) is 3.02. The van der Waals surface area contributed by atoms with Crippen LogP contribution < -0.4 is 5.32 Å². The van der Waals surface area contributed by atoms with Gasteiger partial charge in [0.25, 0.3) is 0 Å². The van der Waals surface area contributed by atoms with Gasteiger partial charge in [0, 0.05) is 11.9 Å². The van der Waals surface area contributed by atoms with Crippen molar-refractivity contribution in [1.29, 1.82) is 0 Å². The summed E-state index contributed by atoms with van der Waals surface area (Å²) in [7, 11) is 0. The van der Waals surface area contributed by atoms with Crippen LogP contribution in [0.4, 0.5) is 5.82 Å². The van der Waals surface area contributed by atoms with Gasteiger partial charge in [0.2, 0.25) is 0 Å². The Labute approximate surface area is 112 Å². The number of aryl methyl sites for hydroxylation is 1. The van der Waals surface area contributed by atoms with Crippen LogP contribution in [0, 0.1) is 6.92 Å². The molecule has 2 aromatic carbocycles. The van der Waals surface area contributed by atoms with E-state index in [4.69, 9.17) is 0 Å². The standard InChI is InChI=1S/C16H15N3/c1-12-18-15-10-6-5-9-14(15)16(19-12)17-11-13-7-3-2-4-8-13/h2-10H,11H2,1H3,(H,17,18,19). The second-order valence-electron chi connectivity index (χ2n) is 4.48. The molecule has 0 fully saturated rings. The lowest BCUT2D eigenvalue weighted by Gasteiger charge is -2.09. The molecule has 0 aliphatic carbocycles. The third-order valence-electron chi connectivity index (χ3n) is 3.02. The van der Waals surface area contributed by atoms with E-state index in [0.717, 1.165) is 29.1 Å². The van der Waals surface area contributed by atoms with E-state index in [1.807, 2.05) is 49.4 Å². The van der Waals surface area contributed by atoms with E-state index in [0.29, 0.717) is 0 Å². The minimum atomic E-state index is 0.765. The van der Waals surface area contributed by atoms with Gasteiger partial charge in [-0.25, -0.2) is 9.97 Å². The normalized spacial score (nSPS) is 10.6. The van der Waals surface area contributed by atoms with E-state index in [-0.39, 0.29) is 0 Å². The first-order valence-corrected chi connectivity index (χ1v) is 6.34. The lowest BCUT2D eigenvalue weighted by atomic mass is 10.2. The zero-order chi connectivity index (χ0) is 13.1. The van der Waals surface area contributed by atoms with Gasteiger partial charge in [-0.3, -0.25) is 0 Å². The summed E-state index contributed by atoms with van der Waals surface area (Å²) in [4.78, 5) is 8.93. The molecule has 0 bridgehead atoms. The summed E-state index contributed by atoms with van der Waals surface area (Å²) in [5.41, 5.74) is 2.22. The summed E-state index contributed by atoms with van der Waals surface area (Å²) >= 11 is 0. The first kappa shape index (κ1) is 11.7. The highest BCUT2D eigenvalue weighted by molar-refractivity contribution is 5.88. The second-order valence-corrected chi connectivity index (χ2v) is 4.48. The molecule has 1 N–H and O–H groups in total. The van der Waals surface area contributed by atoms with Gasteiger partial charge >= 0.3 is 0 Å². The van der Waals surface area contributed by atoms with E-state index in [2.05, 4.69) is 27.4 Å². The molecule has 0 saturated heterocycles. The average molecular weight is 249 g/mol. The molecule has 3 aromatic rings. The number of fused-ring (bicyclic) bond motifs is 1. The number of para-hydroxylation sites is 1. The first-order valence-electron chi connectivity index (χ1n) is 6.34. The Hall–Kier alpha value is -2.42. The minimum absolute atomic E-state index is 0.765. The van der Waals surface area contributed by atoms with Gasteiger partial charge in [0.15, 0.2) is 0 Å². The Balaban J connectivity index is 1.92. The SMILES string of the molecule is Cc1nc(NCc2ccccc2)c2ccccc2n1. The van der Waals surface area contributed by atoms with Crippen molar-refractivity contribution in [3.8, 4) is 0 Å². The summed E-state index contributed by atoms with van der Waals surface area (Å²) in [5.74, 6) is 1.68. The lowest BCUT2D eigenvalue weighted by Crippen LogP contribution is -2.04. The Kier molecular flexibility index (Phi) is 3.11. The molecule has 19 heavy (non-hydrogen) atoms. The molecule has 0 unspecified atom stereocenters. The average Bonchev–Trinajstić information content (AvgIpc) is 2.45. The number of anilines is 1. The highest BCUT2D eigenvalue weighted by Gasteiger charge is 2.04. The van der Waals surface area contributed by atoms with Crippen LogP contribution in [0.25, 0.3) is 10.9 Å². The maximum absolute atomic E-state index is 4.49. The van der Waals surface area contributed by atoms with E-state index >= 15 is 0 Å². The van der Waals surface area contributed by atoms with E-state index in [1.165, 1.54) is 5.56 Å². The predicted molar refractivity (Wildman–Crippen MR) is 78.0 cm³/mol. The maximum Gasteiger partial charge on any atom is 0.137 e. The highest BCUT2D eigenvalue weighted by atomic mass is 15.0. The number of hydrogen-bond donors (Lipinski definition) is 1. The van der Waals surface area contributed by atoms with Crippen molar-refractivity contribution in [2.45, 2.75) is 13.5 Å². The number of aromatic nitrogens is 2. The summed E-state index contributed by atoms with van der Waals surface area (Å²) in [5, 5.41) is 4.45. The molecule has 0 saturated carbocycles. The van der Waals surface area contributed by atoms with Crippen LogP contribution in [0.1, 0.15) is 11.4 Å². The zero-order valence-electron chi connectivity index (χ0n) is 10.8. The van der Waals surface area contributed by atoms with Crippen LogP contribution in [0.3, 0.4) is 0 Å². The molecular formula is C16H15N3. The van der Waals surface area contributed by atoms with Crippen LogP contribution in [-0.4, -0.2) is 9.97 Å². The van der Waals surface area contributed by atoms with Gasteiger partial charge in [-0.2, -0.15) is 0 Å². The van der Waals surface area contributed by atoms with Gasteiger partial charge in [-0.05, 0) is 24.6 Å². The Morgan fingerprint density at radius 1 is 0.895 bits per heavy atom. The monoisotopic (exact) mass is 249 g/mol. The smallest absolute Gasteiger partial charge is 0.137 e. The van der Waals surface area contributed by atoms with Crippen molar-refractivity contribution in [2.24, 2.45) is 0 Å². The molecule has 3 rings (SSSR count). The van der Waals surface area contributed by atoms with Gasteiger partial charge in [-0.15, -0.1) is 0 Å². The fourth-order valence-electron chi connectivity index (χ4n) is 2.11. The van der Waals surface area contributed by atoms with Crippen LogP contribution in [0.15, 0.2) is 54.6 Å². The largest absolute Gasteiger partial charge is 0.365 e. The molecule has 0 aliphatic rings. The molecule has 3 heteroatoms. The van der Waals surface area contributed by atoms with Crippen LogP contribution >= 0.6 is 0 Å². The predicted octanol–water partition coefficient (Wildman–Crippen LogP) is 3.55. The van der Waals surface area contributed by atoms with Crippen LogP contribution in [-0.2, 0) is 6.54 Å². The molecule has 0 radical (unpaired) electrons. The van der Waals surface area contributed by atoms with Crippen LogP contribution in [0.5, 0.6) is 0 Å². The quantitative estimate of drug-likeness (QED) is 0.771. The topological polar surface area (TPSA) is 37.8 Å². The summed E-state index contributed by atoms with van der Waals surface area (Å²) in [6, 6.07) is 18.4. The number of hydrogen-bond acceptors (Lipinski definition) is 3. The van der Waals surface area contributed by atoms with Gasteiger partial charge < -0.3 is 5.32 Å². The van der Waals surface area contributed by atoms with Gasteiger partial charge in [-0.1, -0.05) is 42.5 Å². The molecule has 0 atom stereocenters. The zero-order valence-corrected chi connectivity index (χ0v) is 10.8. The summed E-state index contributed by atoms with van der Waals surface area (Å²) in [6.07, 6.45) is 0. The van der Waals surface area contributed by atoms with Crippen molar-refractivity contribution in [3.63, 3.8) is 0 Å². The van der Waals surface area contributed by atoms with E-state index < -0.39 is 0 Å². The molecule has 0 amide bonds. The Morgan fingerprint density at radius 2 is 1.63 bits per heavy atom. The fraction of sp³-hybridized carbons (Fsp3) is 0.125. The Morgan fingerprint density at radius 3 is 2.47 bits per heavy atom. The van der Waals surface area contributed by atoms with Gasteiger partial charge in [0.1, 0.15) is 11.6 Å². The van der Waals surface area contributed by atoms with Crippen molar-refractivity contribution in [2.75, 3.05) is 5.32 Å². The van der Waals surface area contributed by atoms with E-state index in [9.17, 15) is 0 Å². The van der Waals surface area contributed by atoms with Crippen LogP contribution in [0.2, 0.25) is 0 Å².